The lowest BCUT2D eigenvalue weighted by Gasteiger charge is -2.40. The van der Waals surface area contributed by atoms with Crippen molar-refractivity contribution in [1.82, 2.24) is 18.4 Å². The van der Waals surface area contributed by atoms with Gasteiger partial charge in [0.2, 0.25) is 11.8 Å². The Kier molecular flexibility index (Phi) is 6.12. The summed E-state index contributed by atoms with van der Waals surface area (Å²) >= 11 is 1.50. The highest BCUT2D eigenvalue weighted by Crippen LogP contribution is 2.19. The number of thioether (sulfide) groups is 1. The van der Waals surface area contributed by atoms with Crippen LogP contribution in [0.2, 0.25) is 0 Å². The summed E-state index contributed by atoms with van der Waals surface area (Å²) in [5, 5.41) is 0. The van der Waals surface area contributed by atoms with Gasteiger partial charge in [-0.2, -0.15) is 17.0 Å². The molecule has 3 rings (SSSR count). The van der Waals surface area contributed by atoms with Gasteiger partial charge in [0.25, 0.3) is 10.2 Å². The molecule has 0 radical (unpaired) electrons. The van der Waals surface area contributed by atoms with Crippen LogP contribution < -0.4 is 0 Å². The lowest BCUT2D eigenvalue weighted by atomic mass is 10.3. The van der Waals surface area contributed by atoms with Crippen molar-refractivity contribution < 1.29 is 22.7 Å². The molecular weight excluding hydrogens is 380 g/mol. The fraction of sp³-hybridized carbons (Fsp3) is 0.867. The summed E-state index contributed by atoms with van der Waals surface area (Å²) in [6.07, 6.45) is -0.264. The third kappa shape index (κ3) is 4.33. The highest BCUT2D eigenvalue weighted by molar-refractivity contribution is 8.00. The number of nitrogens with zero attached hydrogens (tertiary/aromatic N) is 4. The Bertz CT molecular complexity index is 640. The molecule has 3 heterocycles. The SMILES string of the molecule is CC1CN(S(=O)(=O)N2CCN(C(=O)CN3CSCC3=O)CC2)CC(C)O1. The molecule has 0 aromatic carbocycles. The summed E-state index contributed by atoms with van der Waals surface area (Å²) in [7, 11) is -3.55. The Hall–Kier alpha value is -0.880. The van der Waals surface area contributed by atoms with Gasteiger partial charge in [0.15, 0.2) is 0 Å². The van der Waals surface area contributed by atoms with E-state index >= 15 is 0 Å². The molecule has 2 amide bonds. The minimum absolute atomic E-state index is 0.0138. The molecule has 3 fully saturated rings. The van der Waals surface area contributed by atoms with Crippen molar-refractivity contribution in [2.24, 2.45) is 0 Å². The average Bonchev–Trinajstić information content (AvgIpc) is 2.99. The maximum Gasteiger partial charge on any atom is 0.282 e. The maximum absolute atomic E-state index is 12.9. The van der Waals surface area contributed by atoms with E-state index in [0.29, 0.717) is 37.8 Å². The van der Waals surface area contributed by atoms with Crippen LogP contribution in [0.25, 0.3) is 0 Å². The monoisotopic (exact) mass is 406 g/mol. The van der Waals surface area contributed by atoms with E-state index < -0.39 is 10.2 Å². The topological polar surface area (TPSA) is 90.5 Å². The maximum atomic E-state index is 12.9. The van der Waals surface area contributed by atoms with E-state index in [2.05, 4.69) is 0 Å². The summed E-state index contributed by atoms with van der Waals surface area (Å²) < 4.78 is 34.3. The summed E-state index contributed by atoms with van der Waals surface area (Å²) in [5.74, 6) is 0.841. The highest BCUT2D eigenvalue weighted by Gasteiger charge is 2.37. The van der Waals surface area contributed by atoms with Crippen LogP contribution in [-0.2, 0) is 24.5 Å². The number of morpholine rings is 1. The van der Waals surface area contributed by atoms with Crippen LogP contribution in [0.4, 0.5) is 0 Å². The molecule has 0 aliphatic carbocycles. The van der Waals surface area contributed by atoms with E-state index in [0.717, 1.165) is 0 Å². The largest absolute Gasteiger partial charge is 0.373 e. The van der Waals surface area contributed by atoms with Crippen LogP contribution in [-0.4, -0.2) is 108 Å². The van der Waals surface area contributed by atoms with Crippen LogP contribution in [0.15, 0.2) is 0 Å². The molecule has 26 heavy (non-hydrogen) atoms. The molecule has 0 aromatic heterocycles. The van der Waals surface area contributed by atoms with E-state index in [4.69, 9.17) is 4.74 Å². The molecule has 148 valence electrons. The smallest absolute Gasteiger partial charge is 0.282 e. The standard InChI is InChI=1S/C15H26N4O5S2/c1-12-7-19(8-13(2)24-12)26(22,23)18-5-3-16(4-6-18)14(20)9-17-11-25-10-15(17)21/h12-13H,3-11H2,1-2H3. The number of rotatable bonds is 4. The predicted molar refractivity (Wildman–Crippen MR) is 97.7 cm³/mol. The molecule has 0 spiro atoms. The van der Waals surface area contributed by atoms with Gasteiger partial charge in [0.1, 0.15) is 6.54 Å². The van der Waals surface area contributed by atoms with Gasteiger partial charge in [-0.25, -0.2) is 0 Å². The van der Waals surface area contributed by atoms with Crippen LogP contribution in [0.5, 0.6) is 0 Å². The summed E-state index contributed by atoms with van der Waals surface area (Å²) in [5.41, 5.74) is 0. The van der Waals surface area contributed by atoms with E-state index in [-0.39, 0.29) is 43.7 Å². The number of hydrogen-bond donors (Lipinski definition) is 0. The van der Waals surface area contributed by atoms with Gasteiger partial charge >= 0.3 is 0 Å². The van der Waals surface area contributed by atoms with Crippen molar-refractivity contribution in [2.45, 2.75) is 26.1 Å². The molecule has 0 aromatic rings. The molecule has 9 nitrogen and oxygen atoms in total. The Labute approximate surface area is 158 Å². The predicted octanol–water partition coefficient (Wildman–Crippen LogP) is -0.982. The van der Waals surface area contributed by atoms with Crippen LogP contribution in [0.3, 0.4) is 0 Å². The van der Waals surface area contributed by atoms with Crippen molar-refractivity contribution in [1.29, 1.82) is 0 Å². The Morgan fingerprint density at radius 3 is 2.27 bits per heavy atom. The molecule has 0 bridgehead atoms. The summed E-state index contributed by atoms with van der Waals surface area (Å²) in [4.78, 5) is 27.2. The van der Waals surface area contributed by atoms with Crippen molar-refractivity contribution in [3.05, 3.63) is 0 Å². The van der Waals surface area contributed by atoms with Crippen molar-refractivity contribution in [3.8, 4) is 0 Å². The number of hydrogen-bond acceptors (Lipinski definition) is 6. The van der Waals surface area contributed by atoms with E-state index in [1.165, 1.54) is 20.4 Å². The zero-order valence-corrected chi connectivity index (χ0v) is 16.8. The molecule has 11 heteroatoms. The Balaban J connectivity index is 1.54. The lowest BCUT2D eigenvalue weighted by Crippen LogP contribution is -2.58. The first-order valence-electron chi connectivity index (χ1n) is 8.81. The van der Waals surface area contributed by atoms with Crippen molar-refractivity contribution in [2.75, 3.05) is 57.4 Å². The fourth-order valence-corrected chi connectivity index (χ4v) is 6.11. The molecular formula is C15H26N4O5S2. The quantitative estimate of drug-likeness (QED) is 0.596. The summed E-state index contributed by atoms with van der Waals surface area (Å²) in [6.45, 7) is 5.76. The van der Waals surface area contributed by atoms with Gasteiger partial charge in [-0.15, -0.1) is 11.8 Å². The van der Waals surface area contributed by atoms with Crippen LogP contribution in [0.1, 0.15) is 13.8 Å². The number of carbonyl (C=O) groups excluding carboxylic acids is 2. The van der Waals surface area contributed by atoms with Gasteiger partial charge in [-0.3, -0.25) is 9.59 Å². The summed E-state index contributed by atoms with van der Waals surface area (Å²) in [6, 6.07) is 0. The molecule has 3 aliphatic rings. The van der Waals surface area contributed by atoms with Gasteiger partial charge in [-0.05, 0) is 13.8 Å². The van der Waals surface area contributed by atoms with Crippen molar-refractivity contribution >= 4 is 33.8 Å². The third-order valence-corrected chi connectivity index (χ3v) is 7.70. The van der Waals surface area contributed by atoms with E-state index in [1.54, 1.807) is 9.80 Å². The van der Waals surface area contributed by atoms with Crippen LogP contribution >= 0.6 is 11.8 Å². The van der Waals surface area contributed by atoms with Gasteiger partial charge in [0.05, 0.1) is 23.8 Å². The second-order valence-corrected chi connectivity index (χ2v) is 9.81. The van der Waals surface area contributed by atoms with Gasteiger partial charge < -0.3 is 14.5 Å². The minimum atomic E-state index is -3.55. The molecule has 2 unspecified atom stereocenters. The van der Waals surface area contributed by atoms with Crippen molar-refractivity contribution in [3.63, 3.8) is 0 Å². The molecule has 0 saturated carbocycles. The second kappa shape index (κ2) is 8.01. The first-order valence-corrected chi connectivity index (χ1v) is 11.4. The zero-order chi connectivity index (χ0) is 18.9. The number of ether oxygens (including phenoxy) is 1. The average molecular weight is 407 g/mol. The number of carbonyl (C=O) groups is 2. The van der Waals surface area contributed by atoms with E-state index in [9.17, 15) is 18.0 Å². The van der Waals surface area contributed by atoms with Gasteiger partial charge in [0, 0.05) is 39.3 Å². The minimum Gasteiger partial charge on any atom is -0.373 e. The third-order valence-electron chi connectivity index (χ3n) is 4.78. The number of piperazine rings is 1. The Morgan fingerprint density at radius 1 is 1.12 bits per heavy atom. The fourth-order valence-electron chi connectivity index (χ4n) is 3.45. The number of amides is 2. The highest BCUT2D eigenvalue weighted by atomic mass is 32.2. The molecule has 2 atom stereocenters. The molecule has 3 saturated heterocycles. The van der Waals surface area contributed by atoms with E-state index in [1.807, 2.05) is 13.8 Å². The van der Waals surface area contributed by atoms with Gasteiger partial charge in [-0.1, -0.05) is 0 Å². The van der Waals surface area contributed by atoms with Crippen LogP contribution in [0, 0.1) is 0 Å². The normalized spacial score (nSPS) is 29.4. The molecule has 3 aliphatic heterocycles. The second-order valence-electron chi connectivity index (χ2n) is 6.93. The first-order chi connectivity index (χ1) is 12.3. The first kappa shape index (κ1) is 19.9. The zero-order valence-electron chi connectivity index (χ0n) is 15.2. The molecule has 0 N–H and O–H groups in total. The Morgan fingerprint density at radius 2 is 1.73 bits per heavy atom. The lowest BCUT2D eigenvalue weighted by molar-refractivity contribution is -0.138.